The molecule has 3 heterocycles. The van der Waals surface area contributed by atoms with Gasteiger partial charge >= 0.3 is 0 Å². The highest BCUT2D eigenvalue weighted by atomic mass is 32.1. The number of fused-ring (bicyclic) bond motifs is 2. The Labute approximate surface area is 172 Å². The molecule has 1 amide bonds. The van der Waals surface area contributed by atoms with Crippen molar-refractivity contribution in [2.45, 2.75) is 19.4 Å². The Bertz CT molecular complexity index is 1380. The summed E-state index contributed by atoms with van der Waals surface area (Å²) in [6.07, 6.45) is 0.608. The molecule has 4 aromatic rings. The molecule has 0 saturated carbocycles. The number of benzene rings is 2. The van der Waals surface area contributed by atoms with Gasteiger partial charge in [-0.25, -0.2) is 8.78 Å². The van der Waals surface area contributed by atoms with Crippen LogP contribution >= 0.6 is 11.3 Å². The molecule has 5 rings (SSSR count). The van der Waals surface area contributed by atoms with Crippen LogP contribution in [0, 0.1) is 11.6 Å². The van der Waals surface area contributed by atoms with E-state index in [2.05, 4.69) is 10.2 Å². The van der Waals surface area contributed by atoms with Gasteiger partial charge in [0.25, 0.3) is 5.91 Å². The maximum absolute atomic E-state index is 14.8. The minimum Gasteiger partial charge on any atom is -0.450 e. The molecule has 0 saturated heterocycles. The van der Waals surface area contributed by atoms with Crippen LogP contribution in [0.25, 0.3) is 11.0 Å². The number of hydrogen-bond acceptors (Lipinski definition) is 6. The fourth-order valence-corrected chi connectivity index (χ4v) is 4.42. The molecule has 2 aromatic heterocycles. The molecular weight excluding hydrogens is 412 g/mol. The van der Waals surface area contributed by atoms with E-state index in [0.29, 0.717) is 11.4 Å². The first-order valence-electron chi connectivity index (χ1n) is 9.16. The average molecular weight is 425 g/mol. The third kappa shape index (κ3) is 2.66. The van der Waals surface area contributed by atoms with E-state index in [1.165, 1.54) is 40.5 Å². The Kier molecular flexibility index (Phi) is 4.21. The zero-order valence-corrected chi connectivity index (χ0v) is 16.4. The zero-order chi connectivity index (χ0) is 21.0. The Morgan fingerprint density at radius 3 is 2.67 bits per heavy atom. The van der Waals surface area contributed by atoms with Gasteiger partial charge in [-0.3, -0.25) is 14.5 Å². The highest BCUT2D eigenvalue weighted by molar-refractivity contribution is 7.15. The van der Waals surface area contributed by atoms with Crippen LogP contribution < -0.4 is 10.3 Å². The summed E-state index contributed by atoms with van der Waals surface area (Å²) in [6.45, 7) is 1.89. The van der Waals surface area contributed by atoms with Crippen molar-refractivity contribution in [2.75, 3.05) is 4.90 Å². The Hall–Kier alpha value is -3.46. The summed E-state index contributed by atoms with van der Waals surface area (Å²) in [5, 5.41) is 9.01. The quantitative estimate of drug-likeness (QED) is 0.491. The highest BCUT2D eigenvalue weighted by Crippen LogP contribution is 2.42. The van der Waals surface area contributed by atoms with Crippen LogP contribution in [-0.2, 0) is 6.42 Å². The van der Waals surface area contributed by atoms with E-state index >= 15 is 0 Å². The van der Waals surface area contributed by atoms with Crippen molar-refractivity contribution in [3.05, 3.63) is 86.2 Å². The molecule has 0 aliphatic carbocycles. The molecule has 30 heavy (non-hydrogen) atoms. The molecule has 1 atom stereocenters. The maximum Gasteiger partial charge on any atom is 0.297 e. The van der Waals surface area contributed by atoms with Crippen molar-refractivity contribution >= 4 is 33.3 Å². The lowest BCUT2D eigenvalue weighted by molar-refractivity contribution is 0.0970. The van der Waals surface area contributed by atoms with Crippen LogP contribution in [0.5, 0.6) is 0 Å². The van der Waals surface area contributed by atoms with E-state index in [9.17, 15) is 18.4 Å². The number of aryl methyl sites for hydroxylation is 1. The molecule has 0 bridgehead atoms. The molecule has 1 unspecified atom stereocenters. The van der Waals surface area contributed by atoms with Crippen molar-refractivity contribution in [1.82, 2.24) is 10.2 Å². The Morgan fingerprint density at radius 1 is 1.13 bits per heavy atom. The van der Waals surface area contributed by atoms with Crippen molar-refractivity contribution < 1.29 is 18.0 Å². The average Bonchev–Trinajstić information content (AvgIpc) is 3.32. The molecule has 9 heteroatoms. The number of carbonyl (C=O) groups excluding carboxylic acids is 1. The van der Waals surface area contributed by atoms with Gasteiger partial charge in [0.2, 0.25) is 10.9 Å². The molecule has 6 nitrogen and oxygen atoms in total. The van der Waals surface area contributed by atoms with E-state index in [-0.39, 0.29) is 33.0 Å². The minimum atomic E-state index is -1.10. The Morgan fingerprint density at radius 2 is 1.93 bits per heavy atom. The molecule has 150 valence electrons. The fourth-order valence-electron chi connectivity index (χ4n) is 3.62. The van der Waals surface area contributed by atoms with Gasteiger partial charge in [-0.05, 0) is 30.7 Å². The molecule has 0 fully saturated rings. The molecule has 0 radical (unpaired) electrons. The van der Waals surface area contributed by atoms with Gasteiger partial charge in [0.1, 0.15) is 28.3 Å². The number of rotatable bonds is 3. The van der Waals surface area contributed by atoms with Crippen LogP contribution in [-0.4, -0.2) is 16.1 Å². The summed E-state index contributed by atoms with van der Waals surface area (Å²) in [7, 11) is 0. The maximum atomic E-state index is 14.8. The van der Waals surface area contributed by atoms with Crippen LogP contribution in [0.2, 0.25) is 0 Å². The summed E-state index contributed by atoms with van der Waals surface area (Å²) in [6, 6.07) is 8.24. The van der Waals surface area contributed by atoms with E-state index in [1.807, 2.05) is 6.92 Å². The van der Waals surface area contributed by atoms with Gasteiger partial charge < -0.3 is 4.42 Å². The first-order chi connectivity index (χ1) is 14.5. The minimum absolute atomic E-state index is 0.0174. The number of hydrogen-bond donors (Lipinski definition) is 0. The van der Waals surface area contributed by atoms with Crippen molar-refractivity contribution in [2.24, 2.45) is 0 Å². The van der Waals surface area contributed by atoms with Gasteiger partial charge in [-0.1, -0.05) is 36.5 Å². The van der Waals surface area contributed by atoms with Crippen LogP contribution in [0.15, 0.2) is 51.7 Å². The monoisotopic (exact) mass is 425 g/mol. The predicted molar refractivity (Wildman–Crippen MR) is 107 cm³/mol. The number of aromatic nitrogens is 2. The third-order valence-electron chi connectivity index (χ3n) is 5.00. The predicted octanol–water partition coefficient (Wildman–Crippen LogP) is 4.23. The van der Waals surface area contributed by atoms with Crippen molar-refractivity contribution in [3.8, 4) is 0 Å². The largest absolute Gasteiger partial charge is 0.450 e. The van der Waals surface area contributed by atoms with Crippen LogP contribution in [0.4, 0.5) is 13.9 Å². The summed E-state index contributed by atoms with van der Waals surface area (Å²) < 4.78 is 34.3. The number of nitrogens with zero attached hydrogens (tertiary/aromatic N) is 3. The summed E-state index contributed by atoms with van der Waals surface area (Å²) >= 11 is 1.18. The second-order valence-electron chi connectivity index (χ2n) is 6.75. The van der Waals surface area contributed by atoms with Crippen LogP contribution in [0.3, 0.4) is 0 Å². The molecule has 0 N–H and O–H groups in total. The molecule has 2 aromatic carbocycles. The van der Waals surface area contributed by atoms with E-state index < -0.39 is 29.0 Å². The lowest BCUT2D eigenvalue weighted by Crippen LogP contribution is -2.30. The number of carbonyl (C=O) groups is 1. The topological polar surface area (TPSA) is 76.3 Å². The number of halogens is 2. The zero-order valence-electron chi connectivity index (χ0n) is 15.6. The third-order valence-corrected chi connectivity index (χ3v) is 6.06. The first kappa shape index (κ1) is 18.6. The smallest absolute Gasteiger partial charge is 0.297 e. The summed E-state index contributed by atoms with van der Waals surface area (Å²) in [4.78, 5) is 27.8. The lowest BCUT2D eigenvalue weighted by atomic mass is 9.98. The van der Waals surface area contributed by atoms with Crippen molar-refractivity contribution in [1.29, 1.82) is 0 Å². The Balaban J connectivity index is 1.83. The van der Waals surface area contributed by atoms with Gasteiger partial charge in [-0.2, -0.15) is 0 Å². The van der Waals surface area contributed by atoms with Crippen LogP contribution in [0.1, 0.15) is 39.7 Å². The van der Waals surface area contributed by atoms with Gasteiger partial charge in [0, 0.05) is 5.56 Å². The highest BCUT2D eigenvalue weighted by Gasteiger charge is 2.46. The van der Waals surface area contributed by atoms with Crippen molar-refractivity contribution in [3.63, 3.8) is 0 Å². The van der Waals surface area contributed by atoms with E-state index in [0.717, 1.165) is 12.1 Å². The van der Waals surface area contributed by atoms with Gasteiger partial charge in [0.05, 0.1) is 10.9 Å². The molecular formula is C21H13F2N3O3S. The number of anilines is 1. The molecule has 1 aliphatic heterocycles. The SMILES string of the molecule is CCc1nnc(N2C(=O)c3oc4ccc(F)cc4c(=O)c3C2c2ccccc2F)s1. The first-order valence-corrected chi connectivity index (χ1v) is 9.98. The van der Waals surface area contributed by atoms with Gasteiger partial charge in [-0.15, -0.1) is 10.2 Å². The summed E-state index contributed by atoms with van der Waals surface area (Å²) in [5.74, 6) is -2.04. The molecule has 0 spiro atoms. The lowest BCUT2D eigenvalue weighted by Gasteiger charge is -2.22. The second-order valence-corrected chi connectivity index (χ2v) is 7.79. The summed E-state index contributed by atoms with van der Waals surface area (Å²) in [5.41, 5.74) is -0.443. The molecule has 1 aliphatic rings. The van der Waals surface area contributed by atoms with E-state index in [1.54, 1.807) is 6.07 Å². The second kappa shape index (κ2) is 6.81. The number of amides is 1. The normalized spacial score (nSPS) is 15.8. The fraction of sp³-hybridized carbons (Fsp3) is 0.143. The van der Waals surface area contributed by atoms with Gasteiger partial charge in [0.15, 0.2) is 5.43 Å². The standard InChI is InChI=1S/C21H13F2N3O3S/c1-2-15-24-25-21(30-15)26-17(11-5-3-4-6-13(11)23)16-18(27)12-9-10(22)7-8-14(12)29-19(16)20(26)28/h3-9,17H,2H2,1H3. The van der Waals surface area contributed by atoms with E-state index in [4.69, 9.17) is 4.42 Å².